The third-order valence-electron chi connectivity index (χ3n) is 1.95. The van der Waals surface area contributed by atoms with Crippen molar-refractivity contribution >= 4 is 0 Å². The van der Waals surface area contributed by atoms with Crippen molar-refractivity contribution in [3.05, 3.63) is 11.9 Å². The highest BCUT2D eigenvalue weighted by atomic mass is 16.5. The van der Waals surface area contributed by atoms with Crippen molar-refractivity contribution < 1.29 is 4.74 Å². The van der Waals surface area contributed by atoms with E-state index < -0.39 is 0 Å². The molecule has 74 valence electrons. The normalized spacial score (nSPS) is 10.8. The van der Waals surface area contributed by atoms with E-state index in [0.717, 1.165) is 17.9 Å². The highest BCUT2D eigenvalue weighted by molar-refractivity contribution is 5.25. The monoisotopic (exact) mass is 183 g/mol. The second-order valence-electron chi connectivity index (χ2n) is 3.24. The summed E-state index contributed by atoms with van der Waals surface area (Å²) in [6.07, 6.45) is 2.55. The maximum absolute atomic E-state index is 5.52. The Labute approximate surface area is 78.7 Å². The van der Waals surface area contributed by atoms with Gasteiger partial charge < -0.3 is 10.5 Å². The van der Waals surface area contributed by atoms with Crippen LogP contribution in [0, 0.1) is 0 Å². The fraction of sp³-hybridized carbons (Fsp3) is 0.667. The van der Waals surface area contributed by atoms with E-state index in [9.17, 15) is 0 Å². The first-order valence-electron chi connectivity index (χ1n) is 4.51. The Kier molecular flexibility index (Phi) is 3.31. The summed E-state index contributed by atoms with van der Waals surface area (Å²) in [5.74, 6) is 0.833. The molecule has 1 aromatic heterocycles. The van der Waals surface area contributed by atoms with Crippen molar-refractivity contribution in [3.63, 3.8) is 0 Å². The number of hydrogen-bond acceptors (Lipinski definition) is 3. The van der Waals surface area contributed by atoms with Crippen molar-refractivity contribution in [1.82, 2.24) is 9.78 Å². The van der Waals surface area contributed by atoms with Crippen molar-refractivity contribution in [3.8, 4) is 5.75 Å². The molecule has 1 rings (SSSR count). The van der Waals surface area contributed by atoms with Crippen LogP contribution in [0.4, 0.5) is 0 Å². The summed E-state index contributed by atoms with van der Waals surface area (Å²) >= 11 is 0. The zero-order valence-corrected chi connectivity index (χ0v) is 8.45. The van der Waals surface area contributed by atoms with Gasteiger partial charge in [-0.25, -0.2) is 0 Å². The van der Waals surface area contributed by atoms with E-state index in [0.29, 0.717) is 12.6 Å². The fourth-order valence-electron chi connectivity index (χ4n) is 1.36. The minimum atomic E-state index is 0.352. The van der Waals surface area contributed by atoms with Gasteiger partial charge in [0, 0.05) is 12.5 Å². The molecule has 4 nitrogen and oxygen atoms in total. The molecule has 0 radical (unpaired) electrons. The minimum absolute atomic E-state index is 0.352. The highest BCUT2D eigenvalue weighted by Crippen LogP contribution is 2.20. The Morgan fingerprint density at radius 3 is 2.77 bits per heavy atom. The first kappa shape index (κ1) is 10.1. The lowest BCUT2D eigenvalue weighted by Gasteiger charge is -2.10. The molecule has 0 saturated heterocycles. The summed E-state index contributed by atoms with van der Waals surface area (Å²) in [6, 6.07) is 0.352. The van der Waals surface area contributed by atoms with E-state index in [1.54, 1.807) is 13.3 Å². The van der Waals surface area contributed by atoms with E-state index in [1.807, 2.05) is 4.68 Å². The largest absolute Gasteiger partial charge is 0.493 e. The molecule has 0 atom stereocenters. The number of nitrogens with zero attached hydrogens (tertiary/aromatic N) is 2. The van der Waals surface area contributed by atoms with Gasteiger partial charge in [0.1, 0.15) is 0 Å². The fourth-order valence-corrected chi connectivity index (χ4v) is 1.36. The number of aromatic nitrogens is 2. The van der Waals surface area contributed by atoms with Crippen molar-refractivity contribution in [2.24, 2.45) is 5.73 Å². The Balaban J connectivity index is 2.99. The zero-order chi connectivity index (χ0) is 9.84. The van der Waals surface area contributed by atoms with E-state index in [2.05, 4.69) is 18.9 Å². The van der Waals surface area contributed by atoms with Gasteiger partial charge in [-0.1, -0.05) is 0 Å². The van der Waals surface area contributed by atoms with Gasteiger partial charge in [-0.05, 0) is 20.4 Å². The van der Waals surface area contributed by atoms with Crippen molar-refractivity contribution in [2.45, 2.75) is 26.3 Å². The summed E-state index contributed by atoms with van der Waals surface area (Å²) < 4.78 is 7.14. The van der Waals surface area contributed by atoms with Gasteiger partial charge in [0.25, 0.3) is 0 Å². The van der Waals surface area contributed by atoms with Gasteiger partial charge in [-0.2, -0.15) is 5.10 Å². The van der Waals surface area contributed by atoms with Crippen LogP contribution in [0.1, 0.15) is 25.6 Å². The summed E-state index contributed by atoms with van der Waals surface area (Å²) in [4.78, 5) is 0. The average molecular weight is 183 g/mol. The summed E-state index contributed by atoms with van der Waals surface area (Å²) in [6.45, 7) is 4.80. The molecule has 0 aromatic carbocycles. The molecule has 0 aliphatic rings. The molecule has 0 aliphatic heterocycles. The molecular formula is C9H17N3O. The summed E-state index contributed by atoms with van der Waals surface area (Å²) in [5.41, 5.74) is 6.60. The quantitative estimate of drug-likeness (QED) is 0.756. The van der Waals surface area contributed by atoms with E-state index in [4.69, 9.17) is 10.5 Å². The molecule has 0 aliphatic carbocycles. The number of methoxy groups -OCH3 is 1. The smallest absolute Gasteiger partial charge is 0.159 e. The molecule has 4 heteroatoms. The number of rotatable bonds is 4. The van der Waals surface area contributed by atoms with Crippen LogP contribution in [-0.2, 0) is 6.42 Å². The van der Waals surface area contributed by atoms with Crippen LogP contribution in [-0.4, -0.2) is 23.4 Å². The first-order chi connectivity index (χ1) is 6.20. The van der Waals surface area contributed by atoms with Crippen LogP contribution in [0.15, 0.2) is 6.20 Å². The standard InChI is InChI=1S/C9H17N3O/c1-7(2)12-8(4-5-10)9(13-3)6-11-12/h6-7H,4-5,10H2,1-3H3. The lowest BCUT2D eigenvalue weighted by atomic mass is 10.2. The molecule has 0 bridgehead atoms. The lowest BCUT2D eigenvalue weighted by Crippen LogP contribution is -2.12. The molecule has 13 heavy (non-hydrogen) atoms. The van der Waals surface area contributed by atoms with Crippen molar-refractivity contribution in [1.29, 1.82) is 0 Å². The molecular weight excluding hydrogens is 166 g/mol. The van der Waals surface area contributed by atoms with Gasteiger partial charge in [-0.3, -0.25) is 4.68 Å². The van der Waals surface area contributed by atoms with Crippen LogP contribution in [0.3, 0.4) is 0 Å². The maximum atomic E-state index is 5.52. The van der Waals surface area contributed by atoms with Crippen LogP contribution >= 0.6 is 0 Å². The first-order valence-corrected chi connectivity index (χ1v) is 4.51. The zero-order valence-electron chi connectivity index (χ0n) is 8.45. The lowest BCUT2D eigenvalue weighted by molar-refractivity contribution is 0.404. The molecule has 1 aromatic rings. The van der Waals surface area contributed by atoms with E-state index >= 15 is 0 Å². The topological polar surface area (TPSA) is 53.1 Å². The predicted octanol–water partition coefficient (Wildman–Crippen LogP) is 0.974. The maximum Gasteiger partial charge on any atom is 0.159 e. The average Bonchev–Trinajstić information content (AvgIpc) is 2.48. The second-order valence-corrected chi connectivity index (χ2v) is 3.24. The Morgan fingerprint density at radius 1 is 1.62 bits per heavy atom. The summed E-state index contributed by atoms with van der Waals surface area (Å²) in [5, 5.41) is 4.24. The van der Waals surface area contributed by atoms with Gasteiger partial charge in [0.15, 0.2) is 5.75 Å². The highest BCUT2D eigenvalue weighted by Gasteiger charge is 2.11. The van der Waals surface area contributed by atoms with Gasteiger partial charge in [0.05, 0.1) is 19.0 Å². The number of nitrogens with two attached hydrogens (primary N) is 1. The third kappa shape index (κ3) is 2.01. The Bertz CT molecular complexity index is 268. The second kappa shape index (κ2) is 4.28. The van der Waals surface area contributed by atoms with Crippen LogP contribution in [0.25, 0.3) is 0 Å². The van der Waals surface area contributed by atoms with Gasteiger partial charge in [0.2, 0.25) is 0 Å². The van der Waals surface area contributed by atoms with Gasteiger partial charge >= 0.3 is 0 Å². The molecule has 2 N–H and O–H groups in total. The number of hydrogen-bond donors (Lipinski definition) is 1. The predicted molar refractivity (Wildman–Crippen MR) is 51.9 cm³/mol. The number of ether oxygens (including phenoxy) is 1. The molecule has 0 saturated carbocycles. The van der Waals surface area contributed by atoms with Gasteiger partial charge in [-0.15, -0.1) is 0 Å². The van der Waals surface area contributed by atoms with Crippen LogP contribution in [0.2, 0.25) is 0 Å². The van der Waals surface area contributed by atoms with Crippen molar-refractivity contribution in [2.75, 3.05) is 13.7 Å². The molecule has 0 spiro atoms. The van der Waals surface area contributed by atoms with E-state index in [1.165, 1.54) is 0 Å². The minimum Gasteiger partial charge on any atom is -0.493 e. The Morgan fingerprint density at radius 2 is 2.31 bits per heavy atom. The van der Waals surface area contributed by atoms with Crippen LogP contribution < -0.4 is 10.5 Å². The Hall–Kier alpha value is -1.03. The summed E-state index contributed by atoms with van der Waals surface area (Å²) in [7, 11) is 1.65. The molecule has 1 heterocycles. The molecule has 0 fully saturated rings. The van der Waals surface area contributed by atoms with Crippen LogP contribution in [0.5, 0.6) is 5.75 Å². The molecule has 0 unspecified atom stereocenters. The van der Waals surface area contributed by atoms with E-state index in [-0.39, 0.29) is 0 Å². The molecule has 0 amide bonds. The third-order valence-corrected chi connectivity index (χ3v) is 1.95. The SMILES string of the molecule is COc1cnn(C(C)C)c1CCN.